The van der Waals surface area contributed by atoms with Crippen molar-refractivity contribution in [1.82, 2.24) is 0 Å². The van der Waals surface area contributed by atoms with Crippen molar-refractivity contribution < 1.29 is 18.3 Å². The lowest BCUT2D eigenvalue weighted by Crippen LogP contribution is -2.10. The van der Waals surface area contributed by atoms with E-state index >= 15 is 0 Å². The topological polar surface area (TPSA) is 20.2 Å². The Balaban J connectivity index is 1.97. The van der Waals surface area contributed by atoms with Gasteiger partial charge in [0.2, 0.25) is 0 Å². The molecule has 0 heterocycles. The van der Waals surface area contributed by atoms with E-state index < -0.39 is 18.7 Å². The van der Waals surface area contributed by atoms with Crippen LogP contribution in [0.4, 0.5) is 13.2 Å². The van der Waals surface area contributed by atoms with Crippen LogP contribution < -0.4 is 0 Å². The molecule has 0 fully saturated rings. The first-order chi connectivity index (χ1) is 9.46. The van der Waals surface area contributed by atoms with Crippen LogP contribution in [0, 0.1) is 0 Å². The zero-order valence-electron chi connectivity index (χ0n) is 10.9. The van der Waals surface area contributed by atoms with Crippen molar-refractivity contribution in [2.75, 3.05) is 0 Å². The Bertz CT molecular complexity index is 636. The molecule has 0 aliphatic heterocycles. The lowest BCUT2D eigenvalue weighted by Gasteiger charge is -2.16. The minimum Gasteiger partial charge on any atom is -0.388 e. The van der Waals surface area contributed by atoms with Crippen LogP contribution in [0.2, 0.25) is 0 Å². The molecule has 106 valence electrons. The van der Waals surface area contributed by atoms with Gasteiger partial charge in [0.1, 0.15) is 0 Å². The highest BCUT2D eigenvalue weighted by atomic mass is 19.4. The Labute approximate surface area is 115 Å². The second-order valence-electron chi connectivity index (χ2n) is 5.32. The number of hydrogen-bond donors (Lipinski definition) is 1. The van der Waals surface area contributed by atoms with E-state index in [1.807, 2.05) is 24.3 Å². The largest absolute Gasteiger partial charge is 0.389 e. The summed E-state index contributed by atoms with van der Waals surface area (Å²) in [7, 11) is 0. The molecule has 3 rings (SSSR count). The number of aliphatic hydroxyl groups is 1. The number of alkyl halides is 3. The summed E-state index contributed by atoms with van der Waals surface area (Å²) in [6.07, 6.45) is -4.61. The lowest BCUT2D eigenvalue weighted by atomic mass is 9.95. The lowest BCUT2D eigenvalue weighted by molar-refractivity contribution is -0.140. The van der Waals surface area contributed by atoms with Gasteiger partial charge in [-0.1, -0.05) is 30.3 Å². The molecule has 0 radical (unpaired) electrons. The summed E-state index contributed by atoms with van der Waals surface area (Å²) in [4.78, 5) is 0. The van der Waals surface area contributed by atoms with Crippen LogP contribution in [-0.4, -0.2) is 11.3 Å². The third kappa shape index (κ3) is 2.40. The summed E-state index contributed by atoms with van der Waals surface area (Å²) < 4.78 is 36.8. The summed E-state index contributed by atoms with van der Waals surface area (Å²) >= 11 is 0. The first-order valence-electron chi connectivity index (χ1n) is 6.74. The number of benzene rings is 2. The van der Waals surface area contributed by atoms with Gasteiger partial charge >= 0.3 is 6.18 Å². The maximum absolute atomic E-state index is 12.3. The van der Waals surface area contributed by atoms with Gasteiger partial charge in [0, 0.05) is 6.42 Å². The fraction of sp³-hybridized carbons (Fsp3) is 0.375. The molecule has 0 amide bonds. The van der Waals surface area contributed by atoms with Crippen molar-refractivity contribution in [2.45, 2.75) is 38.0 Å². The summed E-state index contributed by atoms with van der Waals surface area (Å²) in [6, 6.07) is 9.55. The van der Waals surface area contributed by atoms with Crippen LogP contribution in [0.1, 0.15) is 35.6 Å². The minimum absolute atomic E-state index is 0.290. The first-order valence-corrected chi connectivity index (χ1v) is 6.74. The van der Waals surface area contributed by atoms with Crippen LogP contribution in [0.5, 0.6) is 0 Å². The molecule has 1 aliphatic carbocycles. The Morgan fingerprint density at radius 3 is 2.45 bits per heavy atom. The molecule has 1 unspecified atom stereocenters. The monoisotopic (exact) mass is 280 g/mol. The van der Waals surface area contributed by atoms with Gasteiger partial charge in [-0.25, -0.2) is 0 Å². The smallest absolute Gasteiger partial charge is 0.388 e. The van der Waals surface area contributed by atoms with Crippen LogP contribution in [0.3, 0.4) is 0 Å². The second-order valence-corrected chi connectivity index (χ2v) is 5.32. The molecule has 0 spiro atoms. The van der Waals surface area contributed by atoms with Crippen LogP contribution in [0.25, 0.3) is 10.8 Å². The van der Waals surface area contributed by atoms with E-state index in [1.54, 1.807) is 6.07 Å². The van der Waals surface area contributed by atoms with E-state index in [0.29, 0.717) is 5.56 Å². The summed E-state index contributed by atoms with van der Waals surface area (Å²) in [6.45, 7) is 0. The Morgan fingerprint density at radius 1 is 1.05 bits per heavy atom. The van der Waals surface area contributed by atoms with Crippen LogP contribution in [-0.2, 0) is 12.8 Å². The third-order valence-corrected chi connectivity index (χ3v) is 3.97. The van der Waals surface area contributed by atoms with Crippen molar-refractivity contribution in [1.29, 1.82) is 0 Å². The molecule has 1 atom stereocenters. The highest BCUT2D eigenvalue weighted by molar-refractivity contribution is 5.93. The number of rotatable bonds is 3. The molecule has 1 N–H and O–H groups in total. The molecule has 1 aliphatic rings. The predicted molar refractivity (Wildman–Crippen MR) is 71.6 cm³/mol. The SMILES string of the molecule is OC(CCC(F)(F)F)c1ccc2c3c(cccc13)CC2. The summed E-state index contributed by atoms with van der Waals surface area (Å²) in [5, 5.41) is 12.1. The number of aryl methyl sites for hydroxylation is 2. The van der Waals surface area contributed by atoms with E-state index in [2.05, 4.69) is 0 Å². The van der Waals surface area contributed by atoms with Crippen molar-refractivity contribution in [2.24, 2.45) is 0 Å². The van der Waals surface area contributed by atoms with Crippen LogP contribution >= 0.6 is 0 Å². The zero-order valence-corrected chi connectivity index (χ0v) is 10.9. The van der Waals surface area contributed by atoms with Gasteiger partial charge in [-0.2, -0.15) is 13.2 Å². The number of halogens is 3. The van der Waals surface area contributed by atoms with E-state index in [-0.39, 0.29) is 6.42 Å². The van der Waals surface area contributed by atoms with Gasteiger partial charge in [0.05, 0.1) is 6.10 Å². The maximum Gasteiger partial charge on any atom is 0.389 e. The standard InChI is InChI=1S/C16H15F3O/c17-16(18,19)9-8-14(20)12-7-6-11-5-4-10-2-1-3-13(12)15(10)11/h1-3,6-7,14,20H,4-5,8-9H2. The molecule has 2 aromatic carbocycles. The average Bonchev–Trinajstić information content (AvgIpc) is 2.81. The predicted octanol–water partition coefficient (Wildman–Crippen LogP) is 4.31. The molecule has 2 aromatic rings. The average molecular weight is 280 g/mol. The molecule has 20 heavy (non-hydrogen) atoms. The molecule has 4 heteroatoms. The minimum atomic E-state index is -4.23. The maximum atomic E-state index is 12.3. The second kappa shape index (κ2) is 4.77. The highest BCUT2D eigenvalue weighted by Gasteiger charge is 2.29. The van der Waals surface area contributed by atoms with Gasteiger partial charge in [-0.3, -0.25) is 0 Å². The van der Waals surface area contributed by atoms with Gasteiger partial charge in [-0.15, -0.1) is 0 Å². The molecule has 1 nitrogen and oxygen atoms in total. The summed E-state index contributed by atoms with van der Waals surface area (Å²) in [5.74, 6) is 0. The fourth-order valence-electron chi connectivity index (χ4n) is 3.02. The highest BCUT2D eigenvalue weighted by Crippen LogP contribution is 2.36. The van der Waals surface area contributed by atoms with E-state index in [1.165, 1.54) is 11.1 Å². The third-order valence-electron chi connectivity index (χ3n) is 3.97. The first kappa shape index (κ1) is 13.4. The van der Waals surface area contributed by atoms with Gasteiger partial charge in [0.25, 0.3) is 0 Å². The van der Waals surface area contributed by atoms with Crippen molar-refractivity contribution in [3.63, 3.8) is 0 Å². The zero-order chi connectivity index (χ0) is 14.3. The van der Waals surface area contributed by atoms with Crippen molar-refractivity contribution >= 4 is 10.8 Å². The van der Waals surface area contributed by atoms with Crippen molar-refractivity contribution in [3.05, 3.63) is 47.0 Å². The van der Waals surface area contributed by atoms with Crippen molar-refractivity contribution in [3.8, 4) is 0 Å². The normalized spacial score (nSPS) is 15.8. The quantitative estimate of drug-likeness (QED) is 0.888. The van der Waals surface area contributed by atoms with Crippen LogP contribution in [0.15, 0.2) is 30.3 Å². The fourth-order valence-corrected chi connectivity index (χ4v) is 3.02. The number of aliphatic hydroxyl groups excluding tert-OH is 1. The molecule has 0 saturated heterocycles. The van der Waals surface area contributed by atoms with Gasteiger partial charge in [0.15, 0.2) is 0 Å². The van der Waals surface area contributed by atoms with E-state index in [9.17, 15) is 18.3 Å². The Morgan fingerprint density at radius 2 is 1.75 bits per heavy atom. The van der Waals surface area contributed by atoms with E-state index in [0.717, 1.165) is 23.6 Å². The summed E-state index contributed by atoms with van der Waals surface area (Å²) in [5.41, 5.74) is 3.06. The molecule has 0 bridgehead atoms. The van der Waals surface area contributed by atoms with Gasteiger partial charge < -0.3 is 5.11 Å². The molecule has 0 saturated carbocycles. The Hall–Kier alpha value is -1.55. The molecular formula is C16H15F3O. The molecule has 0 aromatic heterocycles. The van der Waals surface area contributed by atoms with E-state index in [4.69, 9.17) is 0 Å². The van der Waals surface area contributed by atoms with Gasteiger partial charge in [-0.05, 0) is 46.7 Å². The Kier molecular flexibility index (Phi) is 3.21. The number of hydrogen-bond acceptors (Lipinski definition) is 1. The molecular weight excluding hydrogens is 265 g/mol.